The highest BCUT2D eigenvalue weighted by Crippen LogP contribution is 2.21. The molecule has 0 bridgehead atoms. The van der Waals surface area contributed by atoms with Crippen LogP contribution in [0.15, 0.2) is 30.5 Å². The van der Waals surface area contributed by atoms with Crippen molar-refractivity contribution in [2.75, 3.05) is 6.54 Å². The van der Waals surface area contributed by atoms with Crippen molar-refractivity contribution in [3.63, 3.8) is 0 Å². The van der Waals surface area contributed by atoms with Crippen molar-refractivity contribution in [3.8, 4) is 11.3 Å². The Balaban J connectivity index is 1.81. The van der Waals surface area contributed by atoms with Gasteiger partial charge in [0.2, 0.25) is 0 Å². The fraction of sp³-hybridized carbons (Fsp3) is 0.640. The third kappa shape index (κ3) is 7.79. The van der Waals surface area contributed by atoms with Crippen molar-refractivity contribution in [1.29, 1.82) is 0 Å². The van der Waals surface area contributed by atoms with Gasteiger partial charge in [0.25, 0.3) is 0 Å². The minimum Gasteiger partial charge on any atom is -0.334 e. The molecule has 2 N–H and O–H groups in total. The van der Waals surface area contributed by atoms with Gasteiger partial charge in [0.1, 0.15) is 5.82 Å². The van der Waals surface area contributed by atoms with Crippen LogP contribution >= 0.6 is 0 Å². The van der Waals surface area contributed by atoms with Crippen molar-refractivity contribution in [2.45, 2.75) is 97.4 Å². The number of imidazole rings is 1. The summed E-state index contributed by atoms with van der Waals surface area (Å²) in [4.78, 5) is 4.89. The molecule has 0 aliphatic heterocycles. The van der Waals surface area contributed by atoms with Gasteiger partial charge in [-0.1, -0.05) is 83.1 Å². The normalized spacial score (nSPS) is 11.2. The molecule has 0 amide bonds. The maximum Gasteiger partial charge on any atom is 0.109 e. The molecule has 1 heterocycles. The molecule has 3 nitrogen and oxygen atoms in total. The van der Waals surface area contributed by atoms with Gasteiger partial charge in [-0.05, 0) is 37.8 Å². The van der Waals surface area contributed by atoms with E-state index in [0.717, 1.165) is 38.0 Å². The summed E-state index contributed by atoms with van der Waals surface area (Å²) in [5.41, 5.74) is 9.46. The summed E-state index contributed by atoms with van der Waals surface area (Å²) in [7, 11) is 0. The lowest BCUT2D eigenvalue weighted by Gasteiger charge is -2.04. The first kappa shape index (κ1) is 22.7. The lowest BCUT2D eigenvalue weighted by atomic mass is 10.0. The summed E-state index contributed by atoms with van der Waals surface area (Å²) in [6.07, 6.45) is 17.5. The molecular formula is C25H41N3. The Morgan fingerprint density at radius 1 is 0.786 bits per heavy atom. The van der Waals surface area contributed by atoms with Crippen LogP contribution in [0.3, 0.4) is 0 Å². The predicted octanol–water partition coefficient (Wildman–Crippen LogP) is 6.53. The van der Waals surface area contributed by atoms with E-state index in [2.05, 4.69) is 48.9 Å². The Bertz CT molecular complexity index is 642. The molecular weight excluding hydrogens is 342 g/mol. The number of aryl methyl sites for hydroxylation is 3. The molecule has 0 aliphatic rings. The zero-order chi connectivity index (χ0) is 20.0. The molecule has 2 aromatic rings. The summed E-state index contributed by atoms with van der Waals surface area (Å²) in [5.74, 6) is 1.17. The Kier molecular flexibility index (Phi) is 11.0. The molecule has 0 atom stereocenters. The molecule has 28 heavy (non-hydrogen) atoms. The molecule has 1 aromatic carbocycles. The summed E-state index contributed by atoms with van der Waals surface area (Å²) in [6, 6.07) is 9.06. The van der Waals surface area contributed by atoms with Crippen molar-refractivity contribution < 1.29 is 0 Å². The van der Waals surface area contributed by atoms with Gasteiger partial charge in [-0.25, -0.2) is 4.98 Å². The van der Waals surface area contributed by atoms with E-state index < -0.39 is 0 Å². The van der Waals surface area contributed by atoms with E-state index in [-0.39, 0.29) is 0 Å². The maximum atomic E-state index is 5.68. The van der Waals surface area contributed by atoms with Crippen LogP contribution in [0.25, 0.3) is 11.3 Å². The quantitative estimate of drug-likeness (QED) is 0.355. The summed E-state index contributed by atoms with van der Waals surface area (Å²) < 4.78 is 2.30. The van der Waals surface area contributed by atoms with Crippen LogP contribution in [-0.4, -0.2) is 16.1 Å². The van der Waals surface area contributed by atoms with Gasteiger partial charge in [-0.15, -0.1) is 0 Å². The van der Waals surface area contributed by atoms with Crippen LogP contribution in [-0.2, 0) is 19.4 Å². The smallest absolute Gasteiger partial charge is 0.109 e. The Labute approximate surface area is 172 Å². The number of hydrogen-bond acceptors (Lipinski definition) is 2. The van der Waals surface area contributed by atoms with E-state index in [1.165, 1.54) is 74.7 Å². The van der Waals surface area contributed by atoms with Crippen molar-refractivity contribution in [3.05, 3.63) is 41.9 Å². The SMILES string of the molecule is CCCCCCCCCCc1ccc(-c2cn(CCC)c(CCCN)n2)cc1. The maximum absolute atomic E-state index is 5.68. The molecule has 0 radical (unpaired) electrons. The molecule has 0 aliphatic carbocycles. The number of rotatable bonds is 15. The van der Waals surface area contributed by atoms with Crippen LogP contribution in [0.4, 0.5) is 0 Å². The fourth-order valence-corrected chi connectivity index (χ4v) is 3.79. The topological polar surface area (TPSA) is 43.8 Å². The lowest BCUT2D eigenvalue weighted by Crippen LogP contribution is -2.06. The number of hydrogen-bond donors (Lipinski definition) is 1. The minimum absolute atomic E-state index is 0.724. The Hall–Kier alpha value is -1.61. The van der Waals surface area contributed by atoms with Crippen LogP contribution in [0.1, 0.15) is 89.4 Å². The molecule has 156 valence electrons. The van der Waals surface area contributed by atoms with Gasteiger partial charge in [-0.2, -0.15) is 0 Å². The first-order valence-corrected chi connectivity index (χ1v) is 11.6. The second kappa shape index (κ2) is 13.5. The van der Waals surface area contributed by atoms with Gasteiger partial charge in [0, 0.05) is 24.7 Å². The third-order valence-electron chi connectivity index (χ3n) is 5.50. The molecule has 0 spiro atoms. The zero-order valence-electron chi connectivity index (χ0n) is 18.3. The standard InChI is InChI=1S/C25H41N3/c1-3-5-6-7-8-9-10-11-13-22-15-17-23(18-16-22)24-21-28(20-4-2)25(27-24)14-12-19-26/h15-18,21H,3-14,19-20,26H2,1-2H3. The number of unbranched alkanes of at least 4 members (excludes halogenated alkanes) is 7. The number of aromatic nitrogens is 2. The molecule has 0 unspecified atom stereocenters. The number of benzene rings is 1. The molecule has 0 saturated carbocycles. The van der Waals surface area contributed by atoms with E-state index in [4.69, 9.17) is 10.7 Å². The molecule has 0 saturated heterocycles. The van der Waals surface area contributed by atoms with Crippen LogP contribution in [0.5, 0.6) is 0 Å². The van der Waals surface area contributed by atoms with E-state index in [1.807, 2.05) is 0 Å². The van der Waals surface area contributed by atoms with Gasteiger partial charge in [0.05, 0.1) is 5.69 Å². The van der Waals surface area contributed by atoms with Crippen molar-refractivity contribution in [2.24, 2.45) is 5.73 Å². The first-order chi connectivity index (χ1) is 13.8. The highest BCUT2D eigenvalue weighted by atomic mass is 15.1. The van der Waals surface area contributed by atoms with Gasteiger partial charge < -0.3 is 10.3 Å². The van der Waals surface area contributed by atoms with E-state index in [0.29, 0.717) is 0 Å². The average molecular weight is 384 g/mol. The fourth-order valence-electron chi connectivity index (χ4n) is 3.79. The van der Waals surface area contributed by atoms with Crippen LogP contribution in [0, 0.1) is 0 Å². The van der Waals surface area contributed by atoms with E-state index >= 15 is 0 Å². The molecule has 3 heteroatoms. The van der Waals surface area contributed by atoms with Crippen molar-refractivity contribution in [1.82, 2.24) is 9.55 Å². The third-order valence-corrected chi connectivity index (χ3v) is 5.50. The first-order valence-electron chi connectivity index (χ1n) is 11.6. The number of nitrogens with zero attached hydrogens (tertiary/aromatic N) is 2. The van der Waals surface area contributed by atoms with Gasteiger partial charge >= 0.3 is 0 Å². The lowest BCUT2D eigenvalue weighted by molar-refractivity contribution is 0.575. The van der Waals surface area contributed by atoms with E-state index in [9.17, 15) is 0 Å². The molecule has 0 fully saturated rings. The highest BCUT2D eigenvalue weighted by Gasteiger charge is 2.09. The zero-order valence-corrected chi connectivity index (χ0v) is 18.3. The van der Waals surface area contributed by atoms with E-state index in [1.54, 1.807) is 0 Å². The predicted molar refractivity (Wildman–Crippen MR) is 122 cm³/mol. The Morgan fingerprint density at radius 3 is 2.11 bits per heavy atom. The second-order valence-corrected chi connectivity index (χ2v) is 8.05. The Morgan fingerprint density at radius 2 is 1.46 bits per heavy atom. The van der Waals surface area contributed by atoms with Crippen molar-refractivity contribution >= 4 is 0 Å². The second-order valence-electron chi connectivity index (χ2n) is 8.05. The number of nitrogens with two attached hydrogens (primary N) is 1. The minimum atomic E-state index is 0.724. The summed E-state index contributed by atoms with van der Waals surface area (Å²) in [6.45, 7) is 6.25. The van der Waals surface area contributed by atoms with Crippen LogP contribution < -0.4 is 5.73 Å². The highest BCUT2D eigenvalue weighted by molar-refractivity contribution is 5.59. The summed E-state index contributed by atoms with van der Waals surface area (Å²) >= 11 is 0. The summed E-state index contributed by atoms with van der Waals surface area (Å²) in [5, 5.41) is 0. The molecule has 1 aromatic heterocycles. The average Bonchev–Trinajstić information content (AvgIpc) is 3.12. The van der Waals surface area contributed by atoms with Gasteiger partial charge in [0.15, 0.2) is 0 Å². The van der Waals surface area contributed by atoms with Gasteiger partial charge in [-0.3, -0.25) is 0 Å². The molecule has 2 rings (SSSR count). The monoisotopic (exact) mass is 383 g/mol. The largest absolute Gasteiger partial charge is 0.334 e. The van der Waals surface area contributed by atoms with Crippen LogP contribution in [0.2, 0.25) is 0 Å².